The lowest BCUT2D eigenvalue weighted by Crippen LogP contribution is -2.50. The van der Waals surface area contributed by atoms with Crippen LogP contribution in [-0.4, -0.2) is 42.8 Å². The summed E-state index contributed by atoms with van der Waals surface area (Å²) in [6, 6.07) is 10.8. The minimum atomic E-state index is -0.485. The van der Waals surface area contributed by atoms with Crippen LogP contribution >= 0.6 is 0 Å². The topological polar surface area (TPSA) is 32.8 Å². The van der Waals surface area contributed by atoms with Gasteiger partial charge < -0.3 is 14.5 Å². The Labute approximate surface area is 141 Å². The van der Waals surface area contributed by atoms with Crippen LogP contribution in [0.15, 0.2) is 36.4 Å². The van der Waals surface area contributed by atoms with Gasteiger partial charge in [-0.3, -0.25) is 0 Å². The summed E-state index contributed by atoms with van der Waals surface area (Å²) in [7, 11) is 0. The highest BCUT2D eigenvalue weighted by atomic mass is 19.1. The quantitative estimate of drug-likeness (QED) is 0.791. The molecule has 0 atom stereocenters. The molecule has 1 heterocycles. The molecule has 1 saturated heterocycles. The van der Waals surface area contributed by atoms with Crippen LogP contribution in [0.2, 0.25) is 0 Å². The lowest BCUT2D eigenvalue weighted by atomic mass is 10.1. The van der Waals surface area contributed by atoms with Crippen molar-refractivity contribution in [3.63, 3.8) is 0 Å². The van der Waals surface area contributed by atoms with E-state index in [0.29, 0.717) is 31.6 Å². The number of amides is 1. The number of carbonyl (C=O) groups excluding carboxylic acids is 1. The first-order valence-electron chi connectivity index (χ1n) is 8.25. The Bertz CT molecular complexity index is 747. The van der Waals surface area contributed by atoms with E-state index in [1.807, 2.05) is 39.0 Å². The van der Waals surface area contributed by atoms with Crippen LogP contribution in [0.4, 0.5) is 14.9 Å². The average Bonchev–Trinajstić information content (AvgIpc) is 2.53. The minimum Gasteiger partial charge on any atom is -0.444 e. The molecule has 0 N–H and O–H groups in total. The molecule has 0 bridgehead atoms. The van der Waals surface area contributed by atoms with E-state index in [0.717, 1.165) is 11.1 Å². The van der Waals surface area contributed by atoms with Crippen molar-refractivity contribution in [2.45, 2.75) is 26.4 Å². The number of ether oxygens (including phenoxy) is 1. The number of halogens is 1. The predicted octanol–water partition coefficient (Wildman–Crippen LogP) is 4.04. The van der Waals surface area contributed by atoms with Gasteiger partial charge in [-0.2, -0.15) is 0 Å². The van der Waals surface area contributed by atoms with Gasteiger partial charge in [0.2, 0.25) is 0 Å². The van der Waals surface area contributed by atoms with Crippen molar-refractivity contribution < 1.29 is 13.9 Å². The van der Waals surface area contributed by atoms with Gasteiger partial charge in [-0.15, -0.1) is 0 Å². The molecular formula is C19H23FN2O2. The summed E-state index contributed by atoms with van der Waals surface area (Å²) in [5.41, 5.74) is 0.525. The second-order valence-corrected chi connectivity index (χ2v) is 7.07. The first-order chi connectivity index (χ1) is 11.3. The fourth-order valence-corrected chi connectivity index (χ4v) is 2.99. The van der Waals surface area contributed by atoms with Crippen LogP contribution in [0, 0.1) is 5.82 Å². The molecule has 5 heteroatoms. The number of fused-ring (bicyclic) bond motifs is 1. The summed E-state index contributed by atoms with van der Waals surface area (Å²) in [4.78, 5) is 16.1. The van der Waals surface area contributed by atoms with Crippen LogP contribution in [0.25, 0.3) is 10.8 Å². The molecule has 0 spiro atoms. The fourth-order valence-electron chi connectivity index (χ4n) is 2.99. The number of hydrogen-bond acceptors (Lipinski definition) is 3. The fraction of sp³-hybridized carbons (Fsp3) is 0.421. The molecule has 0 aliphatic carbocycles. The Morgan fingerprint density at radius 3 is 2.29 bits per heavy atom. The molecule has 128 valence electrons. The molecule has 1 aliphatic heterocycles. The summed E-state index contributed by atoms with van der Waals surface area (Å²) < 4.78 is 19.4. The van der Waals surface area contributed by atoms with Crippen molar-refractivity contribution in [2.24, 2.45) is 0 Å². The number of nitrogens with zero attached hydrogens (tertiary/aromatic N) is 2. The molecule has 0 unspecified atom stereocenters. The highest BCUT2D eigenvalue weighted by Crippen LogP contribution is 2.29. The van der Waals surface area contributed by atoms with E-state index < -0.39 is 5.60 Å². The van der Waals surface area contributed by atoms with E-state index in [9.17, 15) is 9.18 Å². The maximum Gasteiger partial charge on any atom is 0.410 e. The van der Waals surface area contributed by atoms with E-state index in [1.54, 1.807) is 17.0 Å². The largest absolute Gasteiger partial charge is 0.444 e. The molecule has 0 saturated carbocycles. The Hall–Kier alpha value is -2.30. The summed E-state index contributed by atoms with van der Waals surface area (Å²) in [6.07, 6.45) is -0.272. The van der Waals surface area contributed by atoms with Gasteiger partial charge in [0.25, 0.3) is 0 Å². The molecule has 4 nitrogen and oxygen atoms in total. The van der Waals surface area contributed by atoms with Gasteiger partial charge in [0.05, 0.1) is 0 Å². The first-order valence-corrected chi connectivity index (χ1v) is 8.25. The van der Waals surface area contributed by atoms with Crippen LogP contribution < -0.4 is 4.90 Å². The Morgan fingerprint density at radius 2 is 1.62 bits per heavy atom. The maximum atomic E-state index is 14.0. The highest BCUT2D eigenvalue weighted by Gasteiger charge is 2.26. The van der Waals surface area contributed by atoms with Crippen molar-refractivity contribution in [3.05, 3.63) is 42.2 Å². The third-order valence-corrected chi connectivity index (χ3v) is 4.12. The lowest BCUT2D eigenvalue weighted by Gasteiger charge is -2.37. The summed E-state index contributed by atoms with van der Waals surface area (Å²) in [6.45, 7) is 8.20. The molecule has 1 aliphatic rings. The van der Waals surface area contributed by atoms with Gasteiger partial charge in [-0.05, 0) is 32.9 Å². The monoisotopic (exact) mass is 330 g/mol. The third kappa shape index (κ3) is 3.45. The molecule has 1 amide bonds. The summed E-state index contributed by atoms with van der Waals surface area (Å²) in [5, 5.41) is 1.53. The van der Waals surface area contributed by atoms with Crippen molar-refractivity contribution in [1.29, 1.82) is 0 Å². The van der Waals surface area contributed by atoms with E-state index in [4.69, 9.17) is 4.74 Å². The van der Waals surface area contributed by atoms with Gasteiger partial charge in [-0.25, -0.2) is 9.18 Å². The average molecular weight is 330 g/mol. The van der Waals surface area contributed by atoms with E-state index in [2.05, 4.69) is 4.90 Å². The second-order valence-electron chi connectivity index (χ2n) is 7.07. The zero-order valence-corrected chi connectivity index (χ0v) is 14.4. The van der Waals surface area contributed by atoms with E-state index >= 15 is 0 Å². The van der Waals surface area contributed by atoms with Crippen molar-refractivity contribution in [2.75, 3.05) is 31.1 Å². The van der Waals surface area contributed by atoms with Gasteiger partial charge in [0.15, 0.2) is 0 Å². The molecular weight excluding hydrogens is 307 g/mol. The van der Waals surface area contributed by atoms with Crippen molar-refractivity contribution in [1.82, 2.24) is 4.90 Å². The van der Waals surface area contributed by atoms with E-state index in [1.165, 1.54) is 6.07 Å². The maximum absolute atomic E-state index is 14.0. The lowest BCUT2D eigenvalue weighted by molar-refractivity contribution is 0.0241. The number of carbonyl (C=O) groups is 1. The minimum absolute atomic E-state index is 0.207. The van der Waals surface area contributed by atoms with Gasteiger partial charge in [0, 0.05) is 42.6 Å². The standard InChI is InChI=1S/C19H23FN2O2/c1-19(2,3)24-18(23)22-12-10-21(11-13-22)17-9-5-6-14-15(17)7-4-8-16(14)20/h4-9H,10-13H2,1-3H3. The third-order valence-electron chi connectivity index (χ3n) is 4.12. The van der Waals surface area contributed by atoms with Crippen molar-refractivity contribution in [3.8, 4) is 0 Å². The number of hydrogen-bond donors (Lipinski definition) is 0. The Balaban J connectivity index is 1.74. The van der Waals surface area contributed by atoms with Crippen LogP contribution in [0.5, 0.6) is 0 Å². The SMILES string of the molecule is CC(C)(C)OC(=O)N1CCN(c2cccc3c(F)cccc23)CC1. The first kappa shape index (κ1) is 16.6. The normalized spacial score (nSPS) is 15.7. The number of piperazine rings is 1. The van der Waals surface area contributed by atoms with Gasteiger partial charge in [-0.1, -0.05) is 24.3 Å². The van der Waals surface area contributed by atoms with Gasteiger partial charge in [0.1, 0.15) is 11.4 Å². The van der Waals surface area contributed by atoms with Crippen LogP contribution in [0.3, 0.4) is 0 Å². The number of benzene rings is 2. The Kier molecular flexibility index (Phi) is 4.35. The predicted molar refractivity (Wildman–Crippen MR) is 93.9 cm³/mol. The highest BCUT2D eigenvalue weighted by molar-refractivity contribution is 5.94. The van der Waals surface area contributed by atoms with Gasteiger partial charge >= 0.3 is 6.09 Å². The molecule has 0 radical (unpaired) electrons. The molecule has 3 rings (SSSR count). The molecule has 24 heavy (non-hydrogen) atoms. The molecule has 1 fully saturated rings. The Morgan fingerprint density at radius 1 is 1.00 bits per heavy atom. The molecule has 2 aromatic carbocycles. The molecule has 2 aromatic rings. The summed E-state index contributed by atoms with van der Waals surface area (Å²) >= 11 is 0. The number of rotatable bonds is 1. The number of anilines is 1. The summed E-state index contributed by atoms with van der Waals surface area (Å²) in [5.74, 6) is -0.207. The van der Waals surface area contributed by atoms with E-state index in [-0.39, 0.29) is 11.9 Å². The zero-order chi connectivity index (χ0) is 17.3. The smallest absolute Gasteiger partial charge is 0.410 e. The van der Waals surface area contributed by atoms with Crippen molar-refractivity contribution >= 4 is 22.6 Å². The van der Waals surface area contributed by atoms with Crippen LogP contribution in [0.1, 0.15) is 20.8 Å². The zero-order valence-electron chi connectivity index (χ0n) is 14.4. The molecule has 0 aromatic heterocycles. The van der Waals surface area contributed by atoms with Crippen LogP contribution in [-0.2, 0) is 4.74 Å². The second kappa shape index (κ2) is 6.30.